The van der Waals surface area contributed by atoms with Crippen molar-refractivity contribution in [2.24, 2.45) is 0 Å². The van der Waals surface area contributed by atoms with Gasteiger partial charge in [0, 0.05) is 41.3 Å². The number of likely N-dealkylation sites (N-methyl/N-ethyl adjacent to an activating group) is 1. The average molecular weight is 478 g/mol. The summed E-state index contributed by atoms with van der Waals surface area (Å²) in [6.45, 7) is 7.83. The summed E-state index contributed by atoms with van der Waals surface area (Å²) in [6.07, 6.45) is 4.99. The van der Waals surface area contributed by atoms with E-state index in [1.165, 1.54) is 11.3 Å². The molecule has 0 unspecified atom stereocenters. The van der Waals surface area contributed by atoms with Gasteiger partial charge < -0.3 is 20.0 Å². The Kier molecular flexibility index (Phi) is 7.66. The van der Waals surface area contributed by atoms with Gasteiger partial charge in [0.1, 0.15) is 11.5 Å². The lowest BCUT2D eigenvalue weighted by molar-refractivity contribution is 0.0939. The molecule has 2 amide bonds. The molecule has 0 aromatic carbocycles. The van der Waals surface area contributed by atoms with Crippen molar-refractivity contribution < 1.29 is 14.0 Å². The van der Waals surface area contributed by atoms with Crippen LogP contribution in [0.2, 0.25) is 0 Å². The van der Waals surface area contributed by atoms with E-state index in [0.717, 1.165) is 35.5 Å². The van der Waals surface area contributed by atoms with Crippen molar-refractivity contribution in [1.82, 2.24) is 25.5 Å². The van der Waals surface area contributed by atoms with Crippen molar-refractivity contribution in [2.75, 3.05) is 26.2 Å². The van der Waals surface area contributed by atoms with Gasteiger partial charge in [0.2, 0.25) is 0 Å². The Hall–Kier alpha value is -3.56. The normalized spacial score (nSPS) is 11.1. The maximum absolute atomic E-state index is 12.6. The van der Waals surface area contributed by atoms with E-state index in [4.69, 9.17) is 4.42 Å². The number of rotatable bonds is 10. The fraction of sp³-hybridized carbons (Fsp3) is 0.280. The van der Waals surface area contributed by atoms with Crippen molar-refractivity contribution in [1.29, 1.82) is 0 Å². The Bertz CT molecular complexity index is 1260. The summed E-state index contributed by atoms with van der Waals surface area (Å²) in [5, 5.41) is 6.62. The fourth-order valence-electron chi connectivity index (χ4n) is 3.58. The first-order chi connectivity index (χ1) is 16.6. The number of hydrogen-bond donors (Lipinski definition) is 2. The van der Waals surface area contributed by atoms with Crippen molar-refractivity contribution in [3.8, 4) is 10.4 Å². The zero-order valence-electron chi connectivity index (χ0n) is 19.2. The van der Waals surface area contributed by atoms with E-state index >= 15 is 0 Å². The van der Waals surface area contributed by atoms with Gasteiger partial charge in [-0.15, -0.1) is 11.3 Å². The number of aromatic nitrogens is 2. The Morgan fingerprint density at radius 2 is 1.88 bits per heavy atom. The highest BCUT2D eigenvalue weighted by Crippen LogP contribution is 2.32. The number of hydrogen-bond acceptors (Lipinski definition) is 7. The predicted molar refractivity (Wildman–Crippen MR) is 133 cm³/mol. The maximum atomic E-state index is 12.6. The van der Waals surface area contributed by atoms with E-state index in [-0.39, 0.29) is 18.4 Å². The number of nitrogens with zero attached hydrogens (tertiary/aromatic N) is 3. The topological polar surface area (TPSA) is 100 Å². The predicted octanol–water partition coefficient (Wildman–Crippen LogP) is 3.95. The lowest BCUT2D eigenvalue weighted by Gasteiger charge is -2.17. The van der Waals surface area contributed by atoms with Crippen LogP contribution in [-0.4, -0.2) is 52.9 Å². The third-order valence-electron chi connectivity index (χ3n) is 5.54. The molecular formula is C25H27N5O3S. The van der Waals surface area contributed by atoms with Crippen LogP contribution in [0.15, 0.2) is 59.5 Å². The molecule has 0 bridgehead atoms. The number of furan rings is 1. The monoisotopic (exact) mass is 477 g/mol. The molecule has 34 heavy (non-hydrogen) atoms. The number of pyridine rings is 2. The van der Waals surface area contributed by atoms with Gasteiger partial charge in [-0.25, -0.2) is 4.98 Å². The Morgan fingerprint density at radius 3 is 2.65 bits per heavy atom. The largest absolute Gasteiger partial charge is 0.467 e. The number of thiophene rings is 1. The molecule has 0 saturated carbocycles. The third kappa shape index (κ3) is 5.49. The molecule has 9 heteroatoms. The molecular weight excluding hydrogens is 450 g/mol. The van der Waals surface area contributed by atoms with Crippen LogP contribution in [0.25, 0.3) is 21.3 Å². The maximum Gasteiger partial charge on any atom is 0.270 e. The van der Waals surface area contributed by atoms with E-state index < -0.39 is 0 Å². The van der Waals surface area contributed by atoms with Gasteiger partial charge in [0.25, 0.3) is 11.8 Å². The van der Waals surface area contributed by atoms with E-state index in [0.29, 0.717) is 28.4 Å². The molecule has 2 N–H and O–H groups in total. The van der Waals surface area contributed by atoms with Crippen LogP contribution in [-0.2, 0) is 6.54 Å². The first kappa shape index (κ1) is 23.6. The first-order valence-corrected chi connectivity index (χ1v) is 12.1. The SMILES string of the molecule is CCN(CC)CCNC(=O)c1ccc(-c2cncc3ccc(C(=O)NCc4ccco4)nc23)s1. The molecule has 4 rings (SSSR count). The molecule has 0 saturated heterocycles. The van der Waals surface area contributed by atoms with Gasteiger partial charge >= 0.3 is 0 Å². The highest BCUT2D eigenvalue weighted by atomic mass is 32.1. The van der Waals surface area contributed by atoms with Crippen molar-refractivity contribution >= 4 is 34.1 Å². The second kappa shape index (κ2) is 11.0. The molecule has 0 aliphatic heterocycles. The van der Waals surface area contributed by atoms with E-state index in [1.807, 2.05) is 18.2 Å². The van der Waals surface area contributed by atoms with Gasteiger partial charge in [-0.1, -0.05) is 13.8 Å². The summed E-state index contributed by atoms with van der Waals surface area (Å²) >= 11 is 1.38. The zero-order valence-corrected chi connectivity index (χ0v) is 20.0. The average Bonchev–Trinajstić information content (AvgIpc) is 3.57. The second-order valence-corrected chi connectivity index (χ2v) is 8.75. The quantitative estimate of drug-likeness (QED) is 0.359. The summed E-state index contributed by atoms with van der Waals surface area (Å²) in [6, 6.07) is 10.8. The van der Waals surface area contributed by atoms with E-state index in [2.05, 4.69) is 39.3 Å². The Labute approximate surface area is 202 Å². The highest BCUT2D eigenvalue weighted by molar-refractivity contribution is 7.17. The summed E-state index contributed by atoms with van der Waals surface area (Å²) in [4.78, 5) is 37.9. The molecule has 0 aliphatic carbocycles. The lowest BCUT2D eigenvalue weighted by atomic mass is 10.1. The number of amides is 2. The second-order valence-electron chi connectivity index (χ2n) is 7.66. The number of nitrogens with one attached hydrogen (secondary N) is 2. The van der Waals surface area contributed by atoms with Crippen molar-refractivity contribution in [2.45, 2.75) is 20.4 Å². The van der Waals surface area contributed by atoms with Crippen LogP contribution < -0.4 is 10.6 Å². The first-order valence-electron chi connectivity index (χ1n) is 11.2. The smallest absolute Gasteiger partial charge is 0.270 e. The third-order valence-corrected chi connectivity index (χ3v) is 6.66. The van der Waals surface area contributed by atoms with Crippen LogP contribution in [0.4, 0.5) is 0 Å². The number of carbonyl (C=O) groups is 2. The van der Waals surface area contributed by atoms with Gasteiger partial charge in [0.05, 0.1) is 23.2 Å². The fourth-order valence-corrected chi connectivity index (χ4v) is 4.51. The molecule has 4 heterocycles. The van der Waals surface area contributed by atoms with Gasteiger partial charge in [0.15, 0.2) is 0 Å². The van der Waals surface area contributed by atoms with Crippen LogP contribution in [0.1, 0.15) is 39.8 Å². The molecule has 0 atom stereocenters. The molecule has 4 aromatic rings. The van der Waals surface area contributed by atoms with Crippen LogP contribution in [0.3, 0.4) is 0 Å². The molecule has 0 radical (unpaired) electrons. The minimum atomic E-state index is -0.291. The van der Waals surface area contributed by atoms with Gasteiger partial charge in [-0.3, -0.25) is 14.6 Å². The van der Waals surface area contributed by atoms with Gasteiger partial charge in [-0.05, 0) is 49.5 Å². The van der Waals surface area contributed by atoms with E-state index in [9.17, 15) is 9.59 Å². The van der Waals surface area contributed by atoms with Gasteiger partial charge in [-0.2, -0.15) is 0 Å². The van der Waals surface area contributed by atoms with Crippen molar-refractivity contribution in [3.63, 3.8) is 0 Å². The molecule has 4 aromatic heterocycles. The molecule has 0 aliphatic rings. The standard InChI is InChI=1S/C25H27N5O3S/c1-3-30(4-2)12-11-27-25(32)22-10-9-21(34-22)19-16-26-14-17-7-8-20(29-23(17)19)24(31)28-15-18-6-5-13-33-18/h5-10,13-14,16H,3-4,11-12,15H2,1-2H3,(H,27,32)(H,28,31). The summed E-state index contributed by atoms with van der Waals surface area (Å²) in [7, 11) is 0. The zero-order chi connectivity index (χ0) is 23.9. The molecule has 8 nitrogen and oxygen atoms in total. The highest BCUT2D eigenvalue weighted by Gasteiger charge is 2.15. The Balaban J connectivity index is 1.50. The summed E-state index contributed by atoms with van der Waals surface area (Å²) in [5.74, 6) is 0.281. The van der Waals surface area contributed by atoms with E-state index in [1.54, 1.807) is 36.9 Å². The van der Waals surface area contributed by atoms with Crippen LogP contribution >= 0.6 is 11.3 Å². The van der Waals surface area contributed by atoms with Crippen LogP contribution in [0, 0.1) is 0 Å². The molecule has 176 valence electrons. The van der Waals surface area contributed by atoms with Crippen molar-refractivity contribution in [3.05, 3.63) is 71.4 Å². The molecule has 0 fully saturated rings. The van der Waals surface area contributed by atoms with Crippen LogP contribution in [0.5, 0.6) is 0 Å². The minimum absolute atomic E-state index is 0.0949. The number of fused-ring (bicyclic) bond motifs is 1. The lowest BCUT2D eigenvalue weighted by Crippen LogP contribution is -2.34. The summed E-state index contributed by atoms with van der Waals surface area (Å²) in [5.41, 5.74) is 1.75. The summed E-state index contributed by atoms with van der Waals surface area (Å²) < 4.78 is 5.26. The Morgan fingerprint density at radius 1 is 1.03 bits per heavy atom. The minimum Gasteiger partial charge on any atom is -0.467 e. The number of carbonyl (C=O) groups excluding carboxylic acids is 2. The molecule has 0 spiro atoms.